The van der Waals surface area contributed by atoms with Crippen LogP contribution in [0, 0.1) is 0 Å². The largest absolute Gasteiger partial charge is 0.462 e. The lowest BCUT2D eigenvalue weighted by atomic mass is 10.2. The van der Waals surface area contributed by atoms with Crippen LogP contribution in [0.4, 0.5) is 0 Å². The van der Waals surface area contributed by atoms with Gasteiger partial charge in [0.05, 0.1) is 16.0 Å². The summed E-state index contributed by atoms with van der Waals surface area (Å²) in [5.74, 6) is -0.187. The molecule has 4 heteroatoms. The van der Waals surface area contributed by atoms with E-state index in [4.69, 9.17) is 4.74 Å². The summed E-state index contributed by atoms with van der Waals surface area (Å²) in [6, 6.07) is 1.82. The van der Waals surface area contributed by atoms with Gasteiger partial charge in [0.25, 0.3) is 0 Å². The van der Waals surface area contributed by atoms with E-state index < -0.39 is 0 Å². The first-order valence-corrected chi connectivity index (χ1v) is 4.83. The molecule has 1 aliphatic heterocycles. The smallest absolute Gasteiger partial charge is 0.339 e. The van der Waals surface area contributed by atoms with Gasteiger partial charge in [0.1, 0.15) is 0 Å². The number of ether oxygens (including phenoxy) is 1. The van der Waals surface area contributed by atoms with Crippen LogP contribution in [0.5, 0.6) is 0 Å². The molecule has 58 valence electrons. The van der Waals surface area contributed by atoms with Crippen molar-refractivity contribution in [1.29, 1.82) is 0 Å². The third kappa shape index (κ3) is 1.20. The fraction of sp³-hybridized carbons (Fsp3) is 0.286. The molecule has 0 aliphatic carbocycles. The number of rotatable bonds is 0. The number of hydrogen-bond donors (Lipinski definition) is 0. The first-order valence-electron chi connectivity index (χ1n) is 3.23. The monoisotopic (exact) mass is 232 g/mol. The molecule has 0 unspecified atom stereocenters. The van der Waals surface area contributed by atoms with E-state index >= 15 is 0 Å². The second-order valence-corrected chi connectivity index (χ2v) is 4.79. The van der Waals surface area contributed by atoms with Gasteiger partial charge in [0.2, 0.25) is 0 Å². The highest BCUT2D eigenvalue weighted by Crippen LogP contribution is 2.30. The van der Waals surface area contributed by atoms with Crippen LogP contribution >= 0.6 is 27.3 Å². The highest BCUT2D eigenvalue weighted by atomic mass is 79.9. The van der Waals surface area contributed by atoms with Crippen LogP contribution in [0.15, 0.2) is 9.85 Å². The van der Waals surface area contributed by atoms with E-state index in [1.165, 1.54) is 0 Å². The average molecular weight is 233 g/mol. The standard InChI is InChI=1S/C7H5BrO2S/c8-6-3-4-5(11-6)1-2-10-7(4)9/h3H,1-2H2. The molecule has 0 amide bonds. The maximum absolute atomic E-state index is 11.1. The maximum Gasteiger partial charge on any atom is 0.339 e. The Morgan fingerprint density at radius 1 is 1.64 bits per heavy atom. The summed E-state index contributed by atoms with van der Waals surface area (Å²) in [5, 5.41) is 0. The zero-order chi connectivity index (χ0) is 7.84. The zero-order valence-electron chi connectivity index (χ0n) is 5.59. The van der Waals surface area contributed by atoms with E-state index in [0.29, 0.717) is 6.61 Å². The lowest BCUT2D eigenvalue weighted by Gasteiger charge is -2.09. The van der Waals surface area contributed by atoms with Crippen LogP contribution in [0.2, 0.25) is 0 Å². The fourth-order valence-corrected chi connectivity index (χ4v) is 2.73. The quantitative estimate of drug-likeness (QED) is 0.642. The minimum absolute atomic E-state index is 0.187. The molecule has 0 aromatic carbocycles. The Labute approximate surface area is 76.3 Å². The van der Waals surface area contributed by atoms with E-state index in [0.717, 1.165) is 20.6 Å². The number of cyclic esters (lactones) is 1. The van der Waals surface area contributed by atoms with Crippen molar-refractivity contribution in [2.45, 2.75) is 6.42 Å². The number of carbonyl (C=O) groups excluding carboxylic acids is 1. The van der Waals surface area contributed by atoms with E-state index in [9.17, 15) is 4.79 Å². The van der Waals surface area contributed by atoms with E-state index in [1.807, 2.05) is 6.07 Å². The lowest BCUT2D eigenvalue weighted by Crippen LogP contribution is -2.14. The van der Waals surface area contributed by atoms with Crippen molar-refractivity contribution in [3.63, 3.8) is 0 Å². The third-order valence-corrected chi connectivity index (χ3v) is 3.26. The molecule has 0 bridgehead atoms. The lowest BCUT2D eigenvalue weighted by molar-refractivity contribution is 0.0483. The van der Waals surface area contributed by atoms with Crippen LogP contribution in [0.1, 0.15) is 15.2 Å². The molecule has 0 radical (unpaired) electrons. The van der Waals surface area contributed by atoms with Gasteiger partial charge in [0.15, 0.2) is 0 Å². The van der Waals surface area contributed by atoms with Crippen molar-refractivity contribution in [3.05, 3.63) is 20.3 Å². The summed E-state index contributed by atoms with van der Waals surface area (Å²) < 4.78 is 5.87. The first kappa shape index (κ1) is 7.31. The second-order valence-electron chi connectivity index (χ2n) is 2.27. The second kappa shape index (κ2) is 2.60. The van der Waals surface area contributed by atoms with Gasteiger partial charge in [-0.3, -0.25) is 0 Å². The zero-order valence-corrected chi connectivity index (χ0v) is 8.00. The summed E-state index contributed by atoms with van der Waals surface area (Å²) >= 11 is 4.94. The topological polar surface area (TPSA) is 26.3 Å². The molecule has 0 N–H and O–H groups in total. The van der Waals surface area contributed by atoms with Gasteiger partial charge in [-0.1, -0.05) is 0 Å². The van der Waals surface area contributed by atoms with E-state index in [1.54, 1.807) is 11.3 Å². The molecule has 2 heterocycles. The minimum Gasteiger partial charge on any atom is -0.462 e. The Bertz CT molecular complexity index is 305. The molecular formula is C7H5BrO2S. The summed E-state index contributed by atoms with van der Waals surface area (Å²) in [7, 11) is 0. The van der Waals surface area contributed by atoms with Crippen molar-refractivity contribution in [2.75, 3.05) is 6.61 Å². The summed E-state index contributed by atoms with van der Waals surface area (Å²) in [5.41, 5.74) is 0.730. The van der Waals surface area contributed by atoms with Crippen molar-refractivity contribution in [2.24, 2.45) is 0 Å². The van der Waals surface area contributed by atoms with Gasteiger partial charge < -0.3 is 4.74 Å². The van der Waals surface area contributed by atoms with Crippen LogP contribution < -0.4 is 0 Å². The van der Waals surface area contributed by atoms with Gasteiger partial charge in [-0.25, -0.2) is 4.79 Å². The summed E-state index contributed by atoms with van der Waals surface area (Å²) in [6.45, 7) is 0.527. The SMILES string of the molecule is O=C1OCCc2sc(Br)cc21. The highest BCUT2D eigenvalue weighted by Gasteiger charge is 2.20. The molecule has 1 aromatic rings. The average Bonchev–Trinajstić information content (AvgIpc) is 2.31. The van der Waals surface area contributed by atoms with Crippen molar-refractivity contribution in [3.8, 4) is 0 Å². The molecule has 0 spiro atoms. The van der Waals surface area contributed by atoms with Gasteiger partial charge in [0, 0.05) is 11.3 Å². The van der Waals surface area contributed by atoms with Gasteiger partial charge >= 0.3 is 5.97 Å². The Hall–Kier alpha value is -0.350. The molecule has 0 fully saturated rings. The third-order valence-electron chi connectivity index (χ3n) is 1.56. The summed E-state index contributed by atoms with van der Waals surface area (Å²) in [6.07, 6.45) is 0.858. The summed E-state index contributed by atoms with van der Waals surface area (Å²) in [4.78, 5) is 12.2. The van der Waals surface area contributed by atoms with E-state index in [-0.39, 0.29) is 5.97 Å². The molecule has 0 saturated heterocycles. The molecular weight excluding hydrogens is 228 g/mol. The molecule has 2 rings (SSSR count). The van der Waals surface area contributed by atoms with Crippen LogP contribution in [-0.2, 0) is 11.2 Å². The predicted octanol–water partition coefficient (Wildman–Crippen LogP) is 2.22. The van der Waals surface area contributed by atoms with E-state index in [2.05, 4.69) is 15.9 Å². The molecule has 2 nitrogen and oxygen atoms in total. The molecule has 0 saturated carbocycles. The van der Waals surface area contributed by atoms with Crippen LogP contribution in [0.25, 0.3) is 0 Å². The number of thiophene rings is 1. The molecule has 1 aliphatic rings. The number of esters is 1. The Balaban J connectivity index is 2.52. The minimum atomic E-state index is -0.187. The van der Waals surface area contributed by atoms with Gasteiger partial charge in [-0.2, -0.15) is 0 Å². The van der Waals surface area contributed by atoms with Crippen LogP contribution in [0.3, 0.4) is 0 Å². The van der Waals surface area contributed by atoms with Gasteiger partial charge in [-0.15, -0.1) is 11.3 Å². The molecule has 0 atom stereocenters. The molecule has 11 heavy (non-hydrogen) atoms. The Morgan fingerprint density at radius 3 is 3.18 bits per heavy atom. The number of carbonyl (C=O) groups is 1. The number of halogens is 1. The highest BCUT2D eigenvalue weighted by molar-refractivity contribution is 9.11. The molecule has 1 aromatic heterocycles. The maximum atomic E-state index is 11.1. The van der Waals surface area contributed by atoms with Crippen molar-refractivity contribution < 1.29 is 9.53 Å². The van der Waals surface area contributed by atoms with Crippen molar-refractivity contribution in [1.82, 2.24) is 0 Å². The predicted molar refractivity (Wildman–Crippen MR) is 46.0 cm³/mol. The van der Waals surface area contributed by atoms with Crippen LogP contribution in [-0.4, -0.2) is 12.6 Å². The Morgan fingerprint density at radius 2 is 2.45 bits per heavy atom. The number of fused-ring (bicyclic) bond motifs is 1. The van der Waals surface area contributed by atoms with Gasteiger partial charge in [-0.05, 0) is 22.0 Å². The first-order chi connectivity index (χ1) is 5.27. The number of hydrogen-bond acceptors (Lipinski definition) is 3. The fourth-order valence-electron chi connectivity index (χ4n) is 1.07. The normalized spacial score (nSPS) is 15.9. The Kier molecular flexibility index (Phi) is 1.73. The van der Waals surface area contributed by atoms with Crippen molar-refractivity contribution >= 4 is 33.2 Å².